The van der Waals surface area contributed by atoms with Crippen LogP contribution in [0.4, 0.5) is 17.6 Å². The molecule has 4 rings (SSSR count). The number of likely N-dealkylation sites (tertiary alicyclic amines) is 1. The van der Waals surface area contributed by atoms with Gasteiger partial charge in [0.05, 0.1) is 11.6 Å². The SMILES string of the molecule is CN1CCC(Nc2nc3c4c(n2)NNC4CCN3)CC1. The fourth-order valence-electron chi connectivity index (χ4n) is 3.21. The van der Waals surface area contributed by atoms with E-state index in [0.717, 1.165) is 56.5 Å². The minimum absolute atomic E-state index is 0.346. The van der Waals surface area contributed by atoms with Gasteiger partial charge in [0.1, 0.15) is 5.82 Å². The average molecular weight is 275 g/mol. The first-order valence-electron chi connectivity index (χ1n) is 7.42. The maximum atomic E-state index is 4.65. The molecule has 0 bridgehead atoms. The minimum atomic E-state index is 0.346. The second kappa shape index (κ2) is 4.75. The topological polar surface area (TPSA) is 77.1 Å². The molecule has 1 aromatic heterocycles. The Morgan fingerprint density at radius 2 is 1.95 bits per heavy atom. The third kappa shape index (κ3) is 2.06. The average Bonchev–Trinajstić information content (AvgIpc) is 2.87. The van der Waals surface area contributed by atoms with Crippen molar-refractivity contribution in [3.05, 3.63) is 5.56 Å². The van der Waals surface area contributed by atoms with Crippen molar-refractivity contribution in [2.75, 3.05) is 42.7 Å². The number of nitrogens with zero attached hydrogens (tertiary/aromatic N) is 3. The van der Waals surface area contributed by atoms with E-state index in [0.29, 0.717) is 12.1 Å². The van der Waals surface area contributed by atoms with Crippen LogP contribution in [0.2, 0.25) is 0 Å². The molecule has 20 heavy (non-hydrogen) atoms. The summed E-state index contributed by atoms with van der Waals surface area (Å²) >= 11 is 0. The Kier molecular flexibility index (Phi) is 2.89. The molecule has 4 N–H and O–H groups in total. The van der Waals surface area contributed by atoms with Crippen molar-refractivity contribution in [3.8, 4) is 0 Å². The Balaban J connectivity index is 1.55. The van der Waals surface area contributed by atoms with Crippen molar-refractivity contribution in [3.63, 3.8) is 0 Å². The summed E-state index contributed by atoms with van der Waals surface area (Å²) in [6, 6.07) is 0.823. The van der Waals surface area contributed by atoms with Crippen molar-refractivity contribution in [1.82, 2.24) is 20.3 Å². The van der Waals surface area contributed by atoms with Crippen LogP contribution < -0.4 is 21.5 Å². The quantitative estimate of drug-likeness (QED) is 0.635. The summed E-state index contributed by atoms with van der Waals surface area (Å²) in [6.07, 6.45) is 3.36. The highest BCUT2D eigenvalue weighted by atomic mass is 15.4. The lowest BCUT2D eigenvalue weighted by atomic mass is 10.0. The number of hydrogen-bond acceptors (Lipinski definition) is 7. The molecule has 1 unspecified atom stereocenters. The number of anilines is 3. The molecule has 1 atom stereocenters. The summed E-state index contributed by atoms with van der Waals surface area (Å²) in [5.74, 6) is 2.62. The zero-order valence-corrected chi connectivity index (χ0v) is 11.7. The number of nitrogens with one attached hydrogen (secondary N) is 4. The van der Waals surface area contributed by atoms with E-state index in [1.54, 1.807) is 0 Å². The van der Waals surface area contributed by atoms with Crippen LogP contribution in [0.3, 0.4) is 0 Å². The summed E-state index contributed by atoms with van der Waals surface area (Å²) in [5, 5.41) is 6.87. The van der Waals surface area contributed by atoms with Crippen LogP contribution in [0.25, 0.3) is 0 Å². The molecule has 3 aliphatic rings. The van der Waals surface area contributed by atoms with Crippen LogP contribution in [0, 0.1) is 0 Å². The van der Waals surface area contributed by atoms with Gasteiger partial charge in [0, 0.05) is 12.6 Å². The van der Waals surface area contributed by atoms with Gasteiger partial charge in [-0.2, -0.15) is 9.97 Å². The third-order valence-corrected chi connectivity index (χ3v) is 4.44. The van der Waals surface area contributed by atoms with E-state index in [2.05, 4.69) is 43.4 Å². The predicted octanol–water partition coefficient (Wildman–Crippen LogP) is 0.769. The normalized spacial score (nSPS) is 25.8. The third-order valence-electron chi connectivity index (χ3n) is 4.44. The van der Waals surface area contributed by atoms with Crippen molar-refractivity contribution in [2.24, 2.45) is 0 Å². The molecule has 0 aromatic carbocycles. The van der Waals surface area contributed by atoms with Crippen LogP contribution in [0.5, 0.6) is 0 Å². The summed E-state index contributed by atoms with van der Waals surface area (Å²) < 4.78 is 0. The molecule has 7 nitrogen and oxygen atoms in total. The van der Waals surface area contributed by atoms with Crippen LogP contribution in [0.1, 0.15) is 30.9 Å². The maximum Gasteiger partial charge on any atom is 0.226 e. The molecule has 0 spiro atoms. The minimum Gasteiger partial charge on any atom is -0.369 e. The molecule has 7 heteroatoms. The second-order valence-corrected chi connectivity index (χ2v) is 5.92. The molecule has 108 valence electrons. The summed E-state index contributed by atoms with van der Waals surface area (Å²) in [5.41, 5.74) is 7.64. The molecular formula is C13H21N7. The van der Waals surface area contributed by atoms with Gasteiger partial charge in [0.15, 0.2) is 5.82 Å². The van der Waals surface area contributed by atoms with Crippen LogP contribution >= 0.6 is 0 Å². The largest absolute Gasteiger partial charge is 0.369 e. The number of aromatic nitrogens is 2. The van der Waals surface area contributed by atoms with Crippen LogP contribution in [-0.4, -0.2) is 47.6 Å². The van der Waals surface area contributed by atoms with Crippen molar-refractivity contribution in [2.45, 2.75) is 31.3 Å². The molecule has 0 saturated carbocycles. The Labute approximate surface area is 118 Å². The summed E-state index contributed by atoms with van der Waals surface area (Å²) in [6.45, 7) is 3.22. The highest BCUT2D eigenvalue weighted by Crippen LogP contribution is 2.37. The van der Waals surface area contributed by atoms with Gasteiger partial charge >= 0.3 is 0 Å². The van der Waals surface area contributed by atoms with Crippen LogP contribution in [-0.2, 0) is 0 Å². The fraction of sp³-hybridized carbons (Fsp3) is 0.692. The smallest absolute Gasteiger partial charge is 0.226 e. The molecule has 1 saturated heterocycles. The maximum absolute atomic E-state index is 4.65. The van der Waals surface area contributed by atoms with Gasteiger partial charge in [-0.1, -0.05) is 0 Å². The van der Waals surface area contributed by atoms with Crippen molar-refractivity contribution >= 4 is 17.6 Å². The van der Waals surface area contributed by atoms with Gasteiger partial charge in [-0.25, -0.2) is 5.43 Å². The van der Waals surface area contributed by atoms with Gasteiger partial charge < -0.3 is 21.0 Å². The van der Waals surface area contributed by atoms with E-state index in [-0.39, 0.29) is 0 Å². The number of hydrazine groups is 1. The van der Waals surface area contributed by atoms with E-state index >= 15 is 0 Å². The number of rotatable bonds is 2. The van der Waals surface area contributed by atoms with Crippen molar-refractivity contribution < 1.29 is 0 Å². The monoisotopic (exact) mass is 275 g/mol. The molecule has 3 aliphatic heterocycles. The Morgan fingerprint density at radius 1 is 1.15 bits per heavy atom. The Hall–Kier alpha value is -1.60. The molecule has 0 aliphatic carbocycles. The molecule has 1 aromatic rings. The Bertz CT molecular complexity index is 510. The van der Waals surface area contributed by atoms with Crippen molar-refractivity contribution in [1.29, 1.82) is 0 Å². The second-order valence-electron chi connectivity index (χ2n) is 5.92. The zero-order valence-electron chi connectivity index (χ0n) is 11.7. The molecule has 0 radical (unpaired) electrons. The van der Waals surface area contributed by atoms with Crippen LogP contribution in [0.15, 0.2) is 0 Å². The highest BCUT2D eigenvalue weighted by molar-refractivity contribution is 5.66. The van der Waals surface area contributed by atoms with Gasteiger partial charge in [-0.3, -0.25) is 0 Å². The van der Waals surface area contributed by atoms with E-state index < -0.39 is 0 Å². The molecule has 0 amide bonds. The lowest BCUT2D eigenvalue weighted by molar-refractivity contribution is 0.263. The van der Waals surface area contributed by atoms with E-state index in [1.807, 2.05) is 0 Å². The molecular weight excluding hydrogens is 254 g/mol. The first kappa shape index (κ1) is 12.2. The van der Waals surface area contributed by atoms with E-state index in [4.69, 9.17) is 0 Å². The molecule has 4 heterocycles. The zero-order chi connectivity index (χ0) is 13.5. The molecule has 1 fully saturated rings. The van der Waals surface area contributed by atoms with Gasteiger partial charge in [0.2, 0.25) is 5.95 Å². The lowest BCUT2D eigenvalue weighted by Gasteiger charge is -2.29. The van der Waals surface area contributed by atoms with E-state index in [1.165, 1.54) is 5.56 Å². The Morgan fingerprint density at radius 3 is 2.80 bits per heavy atom. The number of piperidine rings is 1. The first-order valence-corrected chi connectivity index (χ1v) is 7.42. The van der Waals surface area contributed by atoms with Gasteiger partial charge in [-0.05, 0) is 39.4 Å². The summed E-state index contributed by atoms with van der Waals surface area (Å²) in [4.78, 5) is 11.6. The van der Waals surface area contributed by atoms with E-state index in [9.17, 15) is 0 Å². The summed E-state index contributed by atoms with van der Waals surface area (Å²) in [7, 11) is 2.17. The predicted molar refractivity (Wildman–Crippen MR) is 78.8 cm³/mol. The lowest BCUT2D eigenvalue weighted by Crippen LogP contribution is -2.37. The first-order chi connectivity index (χ1) is 9.79. The van der Waals surface area contributed by atoms with Gasteiger partial charge in [-0.15, -0.1) is 0 Å². The fourth-order valence-corrected chi connectivity index (χ4v) is 3.21. The number of hydrogen-bond donors (Lipinski definition) is 4. The highest BCUT2D eigenvalue weighted by Gasteiger charge is 2.31. The van der Waals surface area contributed by atoms with Gasteiger partial charge in [0.25, 0.3) is 0 Å². The standard InChI is InChI=1S/C13H21N7/c1-20-6-3-8(4-7-20)15-13-16-11-10-9(2-5-14-11)18-19-12(10)17-13/h8-9,18H,2-7H2,1H3,(H3,14,15,16,17,19).